The molecule has 0 aliphatic heterocycles. The van der Waals surface area contributed by atoms with E-state index < -0.39 is 0 Å². The second kappa shape index (κ2) is 6.68. The van der Waals surface area contributed by atoms with Gasteiger partial charge in [-0.2, -0.15) is 0 Å². The molecule has 1 unspecified atom stereocenters. The highest BCUT2D eigenvalue weighted by Gasteiger charge is 2.08. The molecule has 0 amide bonds. The molecule has 0 heterocycles. The minimum atomic E-state index is 0.698. The third-order valence-corrected chi connectivity index (χ3v) is 3.74. The van der Waals surface area contributed by atoms with E-state index in [2.05, 4.69) is 43.5 Å². The highest BCUT2D eigenvalue weighted by molar-refractivity contribution is 8.10. The van der Waals surface area contributed by atoms with Crippen LogP contribution in [0.4, 0.5) is 0 Å². The van der Waals surface area contributed by atoms with Crippen LogP contribution in [-0.2, 0) is 0 Å². The summed E-state index contributed by atoms with van der Waals surface area (Å²) in [5, 5.41) is 0. The lowest BCUT2D eigenvalue weighted by molar-refractivity contribution is 0.634. The second-order valence-corrected chi connectivity index (χ2v) is 5.69. The van der Waals surface area contributed by atoms with Crippen LogP contribution in [0.5, 0.6) is 0 Å². The standard InChI is InChI=1S/C11H21PS/c1-6-9(5)10(7-2)11(12)13-8(3)4/h9H,3,6-7,12H2,1-2,4-5H3/b11-10-/t9-/m1/s1. The van der Waals surface area contributed by atoms with Gasteiger partial charge in [0.25, 0.3) is 0 Å². The molecular weight excluding hydrogens is 195 g/mol. The minimum absolute atomic E-state index is 0.698. The summed E-state index contributed by atoms with van der Waals surface area (Å²) in [6.07, 6.45) is 2.37. The monoisotopic (exact) mass is 216 g/mol. The van der Waals surface area contributed by atoms with Crippen LogP contribution in [0.15, 0.2) is 21.7 Å². The molecule has 0 fully saturated rings. The van der Waals surface area contributed by atoms with Crippen LogP contribution >= 0.6 is 21.0 Å². The number of allylic oxidation sites excluding steroid dienone is 2. The molecule has 0 spiro atoms. The molecule has 0 aliphatic carbocycles. The zero-order valence-electron chi connectivity index (χ0n) is 9.18. The van der Waals surface area contributed by atoms with Gasteiger partial charge in [0, 0.05) is 4.65 Å². The summed E-state index contributed by atoms with van der Waals surface area (Å²) >= 11 is 1.78. The predicted molar refractivity (Wildman–Crippen MR) is 68.9 cm³/mol. The van der Waals surface area contributed by atoms with Gasteiger partial charge in [0.15, 0.2) is 0 Å². The van der Waals surface area contributed by atoms with E-state index in [0.29, 0.717) is 5.92 Å². The highest BCUT2D eigenvalue weighted by Crippen LogP contribution is 2.36. The van der Waals surface area contributed by atoms with Crippen molar-refractivity contribution < 1.29 is 0 Å². The second-order valence-electron chi connectivity index (χ2n) is 3.36. The van der Waals surface area contributed by atoms with Crippen LogP contribution in [-0.4, -0.2) is 0 Å². The summed E-state index contributed by atoms with van der Waals surface area (Å²) in [4.78, 5) is 1.17. The average Bonchev–Trinajstić information content (AvgIpc) is 2.03. The Morgan fingerprint density at radius 1 is 1.46 bits per heavy atom. The Morgan fingerprint density at radius 2 is 2.00 bits per heavy atom. The largest absolute Gasteiger partial charge is 0.0983 e. The van der Waals surface area contributed by atoms with E-state index in [4.69, 9.17) is 0 Å². The van der Waals surface area contributed by atoms with Crippen molar-refractivity contribution in [3.63, 3.8) is 0 Å². The van der Waals surface area contributed by atoms with Crippen molar-refractivity contribution in [2.24, 2.45) is 5.92 Å². The van der Waals surface area contributed by atoms with Crippen molar-refractivity contribution in [3.8, 4) is 0 Å². The number of thioether (sulfide) groups is 1. The molecule has 0 bridgehead atoms. The Morgan fingerprint density at radius 3 is 2.31 bits per heavy atom. The Balaban J connectivity index is 4.57. The van der Waals surface area contributed by atoms with Gasteiger partial charge in [-0.15, -0.1) is 0 Å². The SMILES string of the molecule is C=C(C)S/C(P)=C(/CC)[C@H](C)CC. The van der Waals surface area contributed by atoms with E-state index in [1.807, 2.05) is 0 Å². The summed E-state index contributed by atoms with van der Waals surface area (Å²) in [7, 11) is 2.84. The van der Waals surface area contributed by atoms with Crippen molar-refractivity contribution in [3.05, 3.63) is 21.7 Å². The fourth-order valence-electron chi connectivity index (χ4n) is 1.27. The van der Waals surface area contributed by atoms with Crippen molar-refractivity contribution in [1.29, 1.82) is 0 Å². The molecule has 2 atom stereocenters. The van der Waals surface area contributed by atoms with Gasteiger partial charge in [-0.1, -0.05) is 53.9 Å². The molecule has 76 valence electrons. The summed E-state index contributed by atoms with van der Waals surface area (Å²) in [5.74, 6) is 0.698. The molecule has 0 radical (unpaired) electrons. The maximum Gasteiger partial charge on any atom is 0.00616 e. The predicted octanol–water partition coefficient (Wildman–Crippen LogP) is 4.80. The summed E-state index contributed by atoms with van der Waals surface area (Å²) < 4.78 is 1.37. The smallest absolute Gasteiger partial charge is 0.00616 e. The van der Waals surface area contributed by atoms with Crippen molar-refractivity contribution in [2.75, 3.05) is 0 Å². The van der Waals surface area contributed by atoms with Crippen molar-refractivity contribution in [1.82, 2.24) is 0 Å². The Hall–Kier alpha value is 0.260. The van der Waals surface area contributed by atoms with E-state index in [0.717, 1.165) is 6.42 Å². The molecule has 0 aromatic heterocycles. The summed E-state index contributed by atoms with van der Waals surface area (Å²) in [6.45, 7) is 12.7. The van der Waals surface area contributed by atoms with Crippen molar-refractivity contribution >= 4 is 21.0 Å². The first kappa shape index (κ1) is 13.3. The van der Waals surface area contributed by atoms with E-state index in [-0.39, 0.29) is 0 Å². The third kappa shape index (κ3) is 4.88. The van der Waals surface area contributed by atoms with Gasteiger partial charge >= 0.3 is 0 Å². The summed E-state index contributed by atoms with van der Waals surface area (Å²) in [5.41, 5.74) is 1.56. The number of hydrogen-bond acceptors (Lipinski definition) is 1. The molecule has 2 heteroatoms. The van der Waals surface area contributed by atoms with Gasteiger partial charge in [0.2, 0.25) is 0 Å². The van der Waals surface area contributed by atoms with Crippen LogP contribution in [0, 0.1) is 5.92 Å². The van der Waals surface area contributed by atoms with Crippen molar-refractivity contribution in [2.45, 2.75) is 40.5 Å². The lowest BCUT2D eigenvalue weighted by atomic mass is 9.98. The first-order valence-electron chi connectivity index (χ1n) is 4.84. The van der Waals surface area contributed by atoms with E-state index in [1.54, 1.807) is 17.3 Å². The average molecular weight is 216 g/mol. The molecule has 0 nitrogen and oxygen atoms in total. The minimum Gasteiger partial charge on any atom is -0.0983 e. The molecule has 0 aromatic carbocycles. The maximum absolute atomic E-state index is 3.91. The van der Waals surface area contributed by atoms with Crippen LogP contribution in [0.25, 0.3) is 0 Å². The quantitative estimate of drug-likeness (QED) is 0.595. The van der Waals surface area contributed by atoms with Crippen LogP contribution < -0.4 is 0 Å². The fourth-order valence-corrected chi connectivity index (χ4v) is 3.21. The first-order valence-corrected chi connectivity index (χ1v) is 6.24. The van der Waals surface area contributed by atoms with Gasteiger partial charge in [0.05, 0.1) is 0 Å². The molecule has 0 saturated heterocycles. The van der Waals surface area contributed by atoms with Gasteiger partial charge in [-0.25, -0.2) is 0 Å². The molecule has 0 aromatic rings. The first-order chi connectivity index (χ1) is 6.02. The van der Waals surface area contributed by atoms with Gasteiger partial charge in [-0.3, -0.25) is 0 Å². The Labute approximate surface area is 89.5 Å². The summed E-state index contributed by atoms with van der Waals surface area (Å²) in [6, 6.07) is 0. The maximum atomic E-state index is 3.91. The van der Waals surface area contributed by atoms with E-state index in [9.17, 15) is 0 Å². The Bertz CT molecular complexity index is 206. The van der Waals surface area contributed by atoms with E-state index in [1.165, 1.54) is 16.0 Å². The van der Waals surface area contributed by atoms with Crippen LogP contribution in [0.2, 0.25) is 0 Å². The molecule has 0 rings (SSSR count). The molecular formula is C11H21PS. The Kier molecular flexibility index (Phi) is 6.81. The van der Waals surface area contributed by atoms with Gasteiger partial charge in [-0.05, 0) is 30.6 Å². The van der Waals surface area contributed by atoms with Gasteiger partial charge < -0.3 is 0 Å². The van der Waals surface area contributed by atoms with Crippen LogP contribution in [0.1, 0.15) is 40.5 Å². The van der Waals surface area contributed by atoms with Gasteiger partial charge in [0.1, 0.15) is 0 Å². The normalized spacial score (nSPS) is 15.2. The molecule has 0 saturated carbocycles. The molecule has 0 aliphatic rings. The van der Waals surface area contributed by atoms with E-state index >= 15 is 0 Å². The fraction of sp³-hybridized carbons (Fsp3) is 0.636. The molecule has 13 heavy (non-hydrogen) atoms. The number of hydrogen-bond donors (Lipinski definition) is 0. The third-order valence-electron chi connectivity index (χ3n) is 2.19. The zero-order valence-corrected chi connectivity index (χ0v) is 11.2. The zero-order chi connectivity index (χ0) is 10.4. The number of rotatable bonds is 5. The van der Waals surface area contributed by atoms with Crippen LogP contribution in [0.3, 0.4) is 0 Å². The lowest BCUT2D eigenvalue weighted by Gasteiger charge is -2.15. The topological polar surface area (TPSA) is 0 Å². The lowest BCUT2D eigenvalue weighted by Crippen LogP contribution is -1.97. The molecule has 0 N–H and O–H groups in total. The highest BCUT2D eigenvalue weighted by atomic mass is 32.2.